The molecule has 0 unspecified atom stereocenters. The van der Waals surface area contributed by atoms with Crippen molar-refractivity contribution in [3.8, 4) is 11.5 Å². The number of phenolic OH excluding ortho intramolecular Hbond substituents is 1. The van der Waals surface area contributed by atoms with Crippen molar-refractivity contribution in [2.75, 3.05) is 6.61 Å². The van der Waals surface area contributed by atoms with E-state index < -0.39 is 73.1 Å². The average Bonchev–Trinajstić information content (AvgIpc) is 3.24. The maximum absolute atomic E-state index is 12.0. The molecule has 4 rings (SSSR count). The van der Waals surface area contributed by atoms with Crippen molar-refractivity contribution in [1.29, 1.82) is 0 Å². The smallest absolute Gasteiger partial charge is 0.373 e. The number of ether oxygens (including phenoxy) is 2. The molecular formula is C24H27N2O13+. The third-order valence-electron chi connectivity index (χ3n) is 6.64. The average molecular weight is 551 g/mol. The molecule has 3 aliphatic rings. The predicted octanol–water partition coefficient (Wildman–Crippen LogP) is -2.36. The van der Waals surface area contributed by atoms with Crippen LogP contribution in [0.3, 0.4) is 0 Å². The van der Waals surface area contributed by atoms with Crippen LogP contribution in [0.1, 0.15) is 12.0 Å². The number of fused-ring (bicyclic) bond motifs is 1. The van der Waals surface area contributed by atoms with Gasteiger partial charge >= 0.3 is 17.9 Å². The van der Waals surface area contributed by atoms with E-state index in [1.807, 2.05) is 0 Å². The number of allylic oxidation sites excluding steroid dienone is 2. The number of phenols is 1. The van der Waals surface area contributed by atoms with Gasteiger partial charge in [-0.15, -0.1) is 0 Å². The zero-order valence-corrected chi connectivity index (χ0v) is 20.1. The number of carboxylic acids is 3. The van der Waals surface area contributed by atoms with E-state index in [0.717, 1.165) is 0 Å². The molecule has 3 aliphatic heterocycles. The Bertz CT molecular complexity index is 1270. The summed E-state index contributed by atoms with van der Waals surface area (Å²) in [6.45, 7) is -0.687. The van der Waals surface area contributed by atoms with E-state index in [2.05, 4.69) is 5.32 Å². The summed E-state index contributed by atoms with van der Waals surface area (Å²) in [5, 5.41) is 80.9. The Morgan fingerprint density at radius 1 is 1.05 bits per heavy atom. The van der Waals surface area contributed by atoms with Gasteiger partial charge in [-0.2, -0.15) is 4.58 Å². The minimum absolute atomic E-state index is 0.0504. The molecule has 0 radical (unpaired) electrons. The Morgan fingerprint density at radius 2 is 1.77 bits per heavy atom. The summed E-state index contributed by atoms with van der Waals surface area (Å²) in [6.07, 6.45) is -4.03. The highest BCUT2D eigenvalue weighted by Gasteiger charge is 2.46. The third-order valence-corrected chi connectivity index (χ3v) is 6.64. The summed E-state index contributed by atoms with van der Waals surface area (Å²) in [7, 11) is 0. The van der Waals surface area contributed by atoms with Crippen LogP contribution in [0.15, 0.2) is 35.6 Å². The number of hydrogen-bond donors (Lipinski definition) is 9. The number of aliphatic carboxylic acids is 3. The number of nitrogens with one attached hydrogen (secondary N) is 1. The second kappa shape index (κ2) is 11.0. The lowest BCUT2D eigenvalue weighted by Gasteiger charge is -2.39. The zero-order valence-electron chi connectivity index (χ0n) is 20.1. The van der Waals surface area contributed by atoms with Gasteiger partial charge in [-0.1, -0.05) is 0 Å². The summed E-state index contributed by atoms with van der Waals surface area (Å²) in [5.41, 5.74) is 0.648. The fraction of sp³-hybridized carbons (Fsp3) is 0.417. The Morgan fingerprint density at radius 3 is 2.38 bits per heavy atom. The van der Waals surface area contributed by atoms with E-state index in [1.165, 1.54) is 35.1 Å². The SMILES string of the molecule is O=C(O)C1=C/C(=C/C=[N+]2c3cc(O)c(O[C@H]4O[C@H](CO)[C@@H](O)[C@H](O)[C@H]4O)cc3C[C@@H]2C(=O)O)C[C@H](C(=O)O)N1. The van der Waals surface area contributed by atoms with E-state index in [1.54, 1.807) is 0 Å². The van der Waals surface area contributed by atoms with E-state index >= 15 is 0 Å². The van der Waals surface area contributed by atoms with Crippen LogP contribution in [0.5, 0.6) is 11.5 Å². The Hall–Kier alpha value is -4.02. The van der Waals surface area contributed by atoms with Crippen LogP contribution in [0.25, 0.3) is 0 Å². The highest BCUT2D eigenvalue weighted by molar-refractivity contribution is 5.89. The number of aliphatic hydroxyl groups excluding tert-OH is 4. The normalized spacial score (nSPS) is 32.3. The molecule has 1 fully saturated rings. The molecule has 0 saturated carbocycles. The van der Waals surface area contributed by atoms with Gasteiger partial charge in [-0.05, 0) is 17.7 Å². The van der Waals surface area contributed by atoms with Gasteiger partial charge in [-0.3, -0.25) is 0 Å². The lowest BCUT2D eigenvalue weighted by molar-refractivity contribution is -0.456. The number of aromatic hydroxyl groups is 1. The summed E-state index contributed by atoms with van der Waals surface area (Å²) in [6, 6.07) is 0.177. The number of carbonyl (C=O) groups is 3. The van der Waals surface area contributed by atoms with Crippen molar-refractivity contribution in [2.24, 2.45) is 0 Å². The topological polar surface area (TPSA) is 247 Å². The number of nitrogens with zero attached hydrogens (tertiary/aromatic N) is 1. The Labute approximate surface area is 219 Å². The molecule has 9 N–H and O–H groups in total. The number of hydrogen-bond acceptors (Lipinski definition) is 11. The second-order valence-corrected chi connectivity index (χ2v) is 9.22. The molecule has 3 heterocycles. The molecule has 15 heteroatoms. The molecular weight excluding hydrogens is 524 g/mol. The number of aliphatic hydroxyl groups is 4. The van der Waals surface area contributed by atoms with E-state index in [0.29, 0.717) is 11.1 Å². The molecule has 0 spiro atoms. The summed E-state index contributed by atoms with van der Waals surface area (Å²) in [5.74, 6) is -4.55. The van der Waals surface area contributed by atoms with Crippen molar-refractivity contribution in [1.82, 2.24) is 5.32 Å². The molecule has 1 saturated heterocycles. The minimum atomic E-state index is -1.73. The number of rotatable bonds is 7. The predicted molar refractivity (Wildman–Crippen MR) is 127 cm³/mol. The molecule has 1 aromatic rings. The van der Waals surface area contributed by atoms with Gasteiger partial charge in [0.2, 0.25) is 12.0 Å². The summed E-state index contributed by atoms with van der Waals surface area (Å²) in [4.78, 5) is 34.8. The molecule has 1 aromatic carbocycles. The fourth-order valence-corrected chi connectivity index (χ4v) is 4.58. The van der Waals surface area contributed by atoms with Crippen LogP contribution in [-0.2, 0) is 25.5 Å². The van der Waals surface area contributed by atoms with Crippen molar-refractivity contribution in [3.05, 3.63) is 41.1 Å². The first-order valence-electron chi connectivity index (χ1n) is 11.7. The third kappa shape index (κ3) is 5.57. The van der Waals surface area contributed by atoms with Gasteiger partial charge in [0.1, 0.15) is 36.2 Å². The van der Waals surface area contributed by atoms with Crippen LogP contribution < -0.4 is 10.1 Å². The zero-order chi connectivity index (χ0) is 28.6. The molecule has 0 bridgehead atoms. The maximum atomic E-state index is 12.0. The molecule has 0 aromatic heterocycles. The van der Waals surface area contributed by atoms with E-state index in [9.17, 15) is 55.2 Å². The second-order valence-electron chi connectivity index (χ2n) is 9.22. The highest BCUT2D eigenvalue weighted by atomic mass is 16.7. The molecule has 0 aliphatic carbocycles. The molecule has 210 valence electrons. The summed E-state index contributed by atoms with van der Waals surface area (Å²) >= 11 is 0. The Kier molecular flexibility index (Phi) is 7.89. The number of benzene rings is 1. The minimum Gasteiger partial charge on any atom is -0.504 e. The lowest BCUT2D eigenvalue weighted by atomic mass is 9.99. The van der Waals surface area contributed by atoms with Gasteiger partial charge < -0.3 is 55.6 Å². The lowest BCUT2D eigenvalue weighted by Crippen LogP contribution is -2.60. The van der Waals surface area contributed by atoms with Crippen molar-refractivity contribution < 1.29 is 69.3 Å². The maximum Gasteiger partial charge on any atom is 0.373 e. The standard InChI is InChI=1S/C24H26N2O13/c27-8-17-18(29)19(30)20(31)24(39-17)38-16-6-10-5-14(23(36)37)26(13(10)7-15(16)28)2-1-9-3-11(21(32)33)25-12(4-9)22(34)35/h1-3,6-7,12,14,17-20,24,27,29-31H,4-5,8H2,(H4,28,32,33,34,35,36,37)/p+1/t12-,14-,17-,18-,19+,20-,24+/m1/s1. The van der Waals surface area contributed by atoms with Crippen LogP contribution in [0.4, 0.5) is 5.69 Å². The molecule has 7 atom stereocenters. The van der Waals surface area contributed by atoms with Crippen LogP contribution >= 0.6 is 0 Å². The van der Waals surface area contributed by atoms with Gasteiger partial charge in [0.05, 0.1) is 19.1 Å². The first-order valence-corrected chi connectivity index (χ1v) is 11.7. The largest absolute Gasteiger partial charge is 0.504 e. The van der Waals surface area contributed by atoms with Gasteiger partial charge in [0, 0.05) is 18.1 Å². The monoisotopic (exact) mass is 551 g/mol. The van der Waals surface area contributed by atoms with Crippen LogP contribution in [0.2, 0.25) is 0 Å². The molecule has 15 nitrogen and oxygen atoms in total. The Balaban J connectivity index is 1.66. The van der Waals surface area contributed by atoms with Crippen molar-refractivity contribution >= 4 is 29.8 Å². The van der Waals surface area contributed by atoms with E-state index in [4.69, 9.17) is 9.47 Å². The van der Waals surface area contributed by atoms with Crippen molar-refractivity contribution in [2.45, 2.75) is 55.6 Å². The van der Waals surface area contributed by atoms with Crippen LogP contribution in [-0.4, -0.2) is 119 Å². The van der Waals surface area contributed by atoms with E-state index in [-0.39, 0.29) is 30.0 Å². The highest BCUT2D eigenvalue weighted by Crippen LogP contribution is 2.40. The van der Waals surface area contributed by atoms with Gasteiger partial charge in [-0.25, -0.2) is 14.4 Å². The quantitative estimate of drug-likeness (QED) is 0.161. The van der Waals surface area contributed by atoms with Gasteiger partial charge in [0.15, 0.2) is 17.7 Å². The first-order chi connectivity index (χ1) is 18.4. The molecule has 0 amide bonds. The van der Waals surface area contributed by atoms with Crippen LogP contribution in [0, 0.1) is 0 Å². The summed E-state index contributed by atoms with van der Waals surface area (Å²) < 4.78 is 12.1. The fourth-order valence-electron chi connectivity index (χ4n) is 4.58. The van der Waals surface area contributed by atoms with Crippen molar-refractivity contribution in [3.63, 3.8) is 0 Å². The van der Waals surface area contributed by atoms with Gasteiger partial charge in [0.25, 0.3) is 6.04 Å². The number of carboxylic acid groups (broad SMARTS) is 3. The molecule has 39 heavy (non-hydrogen) atoms. The first kappa shape index (κ1) is 28.0.